The van der Waals surface area contributed by atoms with Crippen LogP contribution in [0.5, 0.6) is 0 Å². The molecular formula is C17H21NO. The molecular weight excluding hydrogens is 234 g/mol. The lowest BCUT2D eigenvalue weighted by Gasteiger charge is -2.26. The van der Waals surface area contributed by atoms with E-state index in [0.717, 1.165) is 11.1 Å². The van der Waals surface area contributed by atoms with E-state index in [1.54, 1.807) is 12.4 Å². The molecule has 1 heterocycles. The molecule has 0 aliphatic heterocycles. The van der Waals surface area contributed by atoms with E-state index in [1.807, 2.05) is 31.2 Å². The van der Waals surface area contributed by atoms with Crippen LogP contribution in [0.1, 0.15) is 44.4 Å². The standard InChI is InChI=1S/C17H21NO/c1-16(2,3)13-5-7-14(8-6-13)17(4,19)15-9-11-18-12-10-15/h5-12,19H,1-4H3. The van der Waals surface area contributed by atoms with Gasteiger partial charge in [-0.05, 0) is 41.2 Å². The second-order valence-corrected chi connectivity index (χ2v) is 6.14. The minimum atomic E-state index is -0.987. The van der Waals surface area contributed by atoms with Crippen molar-refractivity contribution in [3.05, 3.63) is 65.5 Å². The lowest BCUT2D eigenvalue weighted by molar-refractivity contribution is 0.102. The molecule has 0 radical (unpaired) electrons. The number of pyridine rings is 1. The largest absolute Gasteiger partial charge is 0.381 e. The van der Waals surface area contributed by atoms with Gasteiger partial charge in [-0.2, -0.15) is 0 Å². The van der Waals surface area contributed by atoms with Gasteiger partial charge in [0.2, 0.25) is 0 Å². The molecule has 1 aromatic carbocycles. The Balaban J connectivity index is 2.37. The van der Waals surface area contributed by atoms with Crippen molar-refractivity contribution in [3.8, 4) is 0 Å². The number of nitrogens with zero attached hydrogens (tertiary/aromatic N) is 1. The monoisotopic (exact) mass is 255 g/mol. The molecule has 2 heteroatoms. The van der Waals surface area contributed by atoms with Crippen LogP contribution in [0.15, 0.2) is 48.8 Å². The summed E-state index contributed by atoms with van der Waals surface area (Å²) in [6.45, 7) is 8.36. The fourth-order valence-electron chi connectivity index (χ4n) is 2.14. The number of hydrogen-bond donors (Lipinski definition) is 1. The molecule has 0 saturated carbocycles. The minimum Gasteiger partial charge on any atom is -0.381 e. The average Bonchev–Trinajstić information content (AvgIpc) is 2.39. The zero-order chi connectivity index (χ0) is 14.1. The van der Waals surface area contributed by atoms with Crippen molar-refractivity contribution in [2.24, 2.45) is 0 Å². The zero-order valence-corrected chi connectivity index (χ0v) is 12.0. The fourth-order valence-corrected chi connectivity index (χ4v) is 2.14. The molecule has 2 aromatic rings. The highest BCUT2D eigenvalue weighted by Crippen LogP contribution is 2.30. The Hall–Kier alpha value is -1.67. The lowest BCUT2D eigenvalue weighted by atomic mass is 9.83. The molecule has 100 valence electrons. The summed E-state index contributed by atoms with van der Waals surface area (Å²) in [5, 5.41) is 10.7. The number of rotatable bonds is 2. The SMILES string of the molecule is CC(C)(C)c1ccc(C(C)(O)c2ccncc2)cc1. The van der Waals surface area contributed by atoms with Crippen molar-refractivity contribution in [2.45, 2.75) is 38.7 Å². The minimum absolute atomic E-state index is 0.126. The van der Waals surface area contributed by atoms with Crippen LogP contribution < -0.4 is 0 Å². The van der Waals surface area contributed by atoms with E-state index in [2.05, 4.69) is 37.9 Å². The van der Waals surface area contributed by atoms with Crippen LogP contribution >= 0.6 is 0 Å². The number of aliphatic hydroxyl groups is 1. The summed E-state index contributed by atoms with van der Waals surface area (Å²) in [7, 11) is 0. The van der Waals surface area contributed by atoms with E-state index in [1.165, 1.54) is 5.56 Å². The van der Waals surface area contributed by atoms with Gasteiger partial charge in [0.05, 0.1) is 0 Å². The van der Waals surface area contributed by atoms with Crippen molar-refractivity contribution in [2.75, 3.05) is 0 Å². The van der Waals surface area contributed by atoms with E-state index in [4.69, 9.17) is 0 Å². The Bertz CT molecular complexity index is 536. The molecule has 2 rings (SSSR count). The fraction of sp³-hybridized carbons (Fsp3) is 0.353. The third-order valence-electron chi connectivity index (χ3n) is 3.56. The first-order chi connectivity index (χ1) is 8.82. The van der Waals surface area contributed by atoms with Gasteiger partial charge in [0.25, 0.3) is 0 Å². The first kappa shape index (κ1) is 13.8. The van der Waals surface area contributed by atoms with Crippen molar-refractivity contribution in [1.82, 2.24) is 4.98 Å². The summed E-state index contributed by atoms with van der Waals surface area (Å²) in [6, 6.07) is 11.9. The van der Waals surface area contributed by atoms with Gasteiger partial charge < -0.3 is 5.11 Å². The summed E-state index contributed by atoms with van der Waals surface area (Å²) < 4.78 is 0. The maximum absolute atomic E-state index is 10.7. The van der Waals surface area contributed by atoms with E-state index in [9.17, 15) is 5.11 Å². The van der Waals surface area contributed by atoms with Crippen LogP contribution in [0.4, 0.5) is 0 Å². The van der Waals surface area contributed by atoms with E-state index in [-0.39, 0.29) is 5.41 Å². The molecule has 0 spiro atoms. The number of benzene rings is 1. The van der Waals surface area contributed by atoms with Crippen molar-refractivity contribution >= 4 is 0 Å². The van der Waals surface area contributed by atoms with E-state index < -0.39 is 5.60 Å². The Morgan fingerprint density at radius 1 is 0.737 bits per heavy atom. The number of aromatic nitrogens is 1. The van der Waals surface area contributed by atoms with Crippen molar-refractivity contribution in [1.29, 1.82) is 0 Å². The smallest absolute Gasteiger partial charge is 0.112 e. The van der Waals surface area contributed by atoms with Crippen LogP contribution in [0.3, 0.4) is 0 Å². The predicted octanol–water partition coefficient (Wildman–Crippen LogP) is 3.63. The van der Waals surface area contributed by atoms with Gasteiger partial charge in [-0.1, -0.05) is 45.0 Å². The zero-order valence-electron chi connectivity index (χ0n) is 12.0. The second kappa shape index (κ2) is 4.78. The maximum atomic E-state index is 10.7. The van der Waals surface area contributed by atoms with Crippen molar-refractivity contribution < 1.29 is 5.11 Å². The molecule has 0 saturated heterocycles. The number of hydrogen-bond acceptors (Lipinski definition) is 2. The molecule has 0 bridgehead atoms. The normalized spacial score (nSPS) is 15.0. The van der Waals surface area contributed by atoms with Crippen molar-refractivity contribution in [3.63, 3.8) is 0 Å². The second-order valence-electron chi connectivity index (χ2n) is 6.14. The highest BCUT2D eigenvalue weighted by atomic mass is 16.3. The molecule has 0 aliphatic carbocycles. The van der Waals surface area contributed by atoms with Gasteiger partial charge in [-0.15, -0.1) is 0 Å². The maximum Gasteiger partial charge on any atom is 0.112 e. The third kappa shape index (κ3) is 2.85. The van der Waals surface area contributed by atoms with Gasteiger partial charge in [-0.3, -0.25) is 4.98 Å². The first-order valence-corrected chi connectivity index (χ1v) is 6.56. The highest BCUT2D eigenvalue weighted by molar-refractivity contribution is 5.37. The third-order valence-corrected chi connectivity index (χ3v) is 3.56. The summed E-state index contributed by atoms with van der Waals surface area (Å²) >= 11 is 0. The quantitative estimate of drug-likeness (QED) is 0.888. The van der Waals surface area contributed by atoms with Crippen LogP contribution in [0.2, 0.25) is 0 Å². The molecule has 1 aromatic heterocycles. The van der Waals surface area contributed by atoms with Gasteiger partial charge in [0, 0.05) is 12.4 Å². The van der Waals surface area contributed by atoms with Crippen LogP contribution in [0, 0.1) is 0 Å². The Morgan fingerprint density at radius 3 is 1.63 bits per heavy atom. The summed E-state index contributed by atoms with van der Waals surface area (Å²) in [5.74, 6) is 0. The molecule has 1 N–H and O–H groups in total. The van der Waals surface area contributed by atoms with Crippen LogP contribution in [-0.4, -0.2) is 10.1 Å². The highest BCUT2D eigenvalue weighted by Gasteiger charge is 2.25. The molecule has 1 atom stereocenters. The summed E-state index contributed by atoms with van der Waals surface area (Å²) in [5.41, 5.74) is 2.15. The molecule has 1 unspecified atom stereocenters. The van der Waals surface area contributed by atoms with Crippen LogP contribution in [0.25, 0.3) is 0 Å². The van der Waals surface area contributed by atoms with Gasteiger partial charge in [-0.25, -0.2) is 0 Å². The van der Waals surface area contributed by atoms with Gasteiger partial charge >= 0.3 is 0 Å². The lowest BCUT2D eigenvalue weighted by Crippen LogP contribution is -2.23. The Kier molecular flexibility index (Phi) is 3.46. The molecule has 2 nitrogen and oxygen atoms in total. The van der Waals surface area contributed by atoms with Gasteiger partial charge in [0.1, 0.15) is 5.60 Å². The first-order valence-electron chi connectivity index (χ1n) is 6.56. The van der Waals surface area contributed by atoms with E-state index >= 15 is 0 Å². The molecule has 0 fully saturated rings. The predicted molar refractivity (Wildman–Crippen MR) is 78.1 cm³/mol. The summed E-state index contributed by atoms with van der Waals surface area (Å²) in [6.07, 6.45) is 3.40. The average molecular weight is 255 g/mol. The summed E-state index contributed by atoms with van der Waals surface area (Å²) in [4.78, 5) is 3.99. The van der Waals surface area contributed by atoms with E-state index in [0.29, 0.717) is 0 Å². The molecule has 19 heavy (non-hydrogen) atoms. The molecule has 0 aliphatic rings. The molecule has 0 amide bonds. The Labute approximate surface area is 115 Å². The Morgan fingerprint density at radius 2 is 1.16 bits per heavy atom. The van der Waals surface area contributed by atoms with Crippen LogP contribution in [-0.2, 0) is 11.0 Å². The van der Waals surface area contributed by atoms with Gasteiger partial charge in [0.15, 0.2) is 0 Å². The topological polar surface area (TPSA) is 33.1 Å².